The maximum absolute atomic E-state index is 11.0. The molecule has 0 heterocycles. The van der Waals surface area contributed by atoms with Crippen LogP contribution in [0.1, 0.15) is 42.5 Å². The van der Waals surface area contributed by atoms with Crippen molar-refractivity contribution in [1.29, 1.82) is 0 Å². The first-order valence-electron chi connectivity index (χ1n) is 6.11. The Morgan fingerprint density at radius 1 is 1.28 bits per heavy atom. The average Bonchev–Trinajstić information content (AvgIpc) is 2.40. The van der Waals surface area contributed by atoms with Gasteiger partial charge in [0.05, 0.1) is 4.92 Å². The first-order chi connectivity index (χ1) is 8.70. The Morgan fingerprint density at radius 3 is 2.61 bits per heavy atom. The van der Waals surface area contributed by atoms with Gasteiger partial charge in [0, 0.05) is 27.8 Å². The Kier molecular flexibility index (Phi) is 4.36. The molecule has 5 heteroatoms. The molecule has 0 saturated heterocycles. The van der Waals surface area contributed by atoms with Crippen molar-refractivity contribution in [3.05, 3.63) is 33.9 Å². The summed E-state index contributed by atoms with van der Waals surface area (Å²) in [7, 11) is 0. The highest BCUT2D eigenvalue weighted by Gasteiger charge is 2.17. The second-order valence-corrected chi connectivity index (χ2v) is 5.82. The van der Waals surface area contributed by atoms with Gasteiger partial charge in [-0.15, -0.1) is 11.8 Å². The fourth-order valence-corrected chi connectivity index (χ4v) is 3.53. The number of aldehydes is 1. The number of nitro groups is 1. The van der Waals surface area contributed by atoms with Crippen molar-refractivity contribution in [3.8, 4) is 0 Å². The maximum atomic E-state index is 11.0. The van der Waals surface area contributed by atoms with Crippen LogP contribution < -0.4 is 0 Å². The zero-order valence-corrected chi connectivity index (χ0v) is 10.8. The summed E-state index contributed by atoms with van der Waals surface area (Å²) in [4.78, 5) is 22.1. The van der Waals surface area contributed by atoms with Crippen LogP contribution in [0.25, 0.3) is 0 Å². The molecule has 1 aliphatic carbocycles. The summed E-state index contributed by atoms with van der Waals surface area (Å²) < 4.78 is 0. The molecule has 0 amide bonds. The number of non-ortho nitro benzene ring substituents is 1. The molecule has 0 unspecified atom stereocenters. The van der Waals surface area contributed by atoms with Crippen LogP contribution in [0.5, 0.6) is 0 Å². The number of hydrogen-bond acceptors (Lipinski definition) is 4. The summed E-state index contributed by atoms with van der Waals surface area (Å²) in [5.41, 5.74) is 0.407. The van der Waals surface area contributed by atoms with Gasteiger partial charge < -0.3 is 0 Å². The van der Waals surface area contributed by atoms with E-state index in [1.54, 1.807) is 17.8 Å². The molecular formula is C13H15NO3S. The number of nitro benzene ring substituents is 1. The van der Waals surface area contributed by atoms with E-state index in [-0.39, 0.29) is 5.69 Å². The predicted octanol–water partition coefficient (Wildman–Crippen LogP) is 3.83. The van der Waals surface area contributed by atoms with Crippen molar-refractivity contribution < 1.29 is 9.72 Å². The van der Waals surface area contributed by atoms with Gasteiger partial charge in [0.1, 0.15) is 0 Å². The molecule has 2 rings (SSSR count). The van der Waals surface area contributed by atoms with Gasteiger partial charge in [0.2, 0.25) is 0 Å². The fourth-order valence-electron chi connectivity index (χ4n) is 2.21. The van der Waals surface area contributed by atoms with Gasteiger partial charge in [0.25, 0.3) is 5.69 Å². The van der Waals surface area contributed by atoms with E-state index in [9.17, 15) is 14.9 Å². The van der Waals surface area contributed by atoms with Gasteiger partial charge in [-0.3, -0.25) is 14.9 Å². The molecule has 0 atom stereocenters. The molecule has 1 aromatic carbocycles. The van der Waals surface area contributed by atoms with E-state index >= 15 is 0 Å². The topological polar surface area (TPSA) is 60.2 Å². The van der Waals surface area contributed by atoms with Crippen LogP contribution >= 0.6 is 11.8 Å². The molecule has 0 radical (unpaired) electrons. The summed E-state index contributed by atoms with van der Waals surface area (Å²) in [6, 6.07) is 4.53. The Labute approximate surface area is 110 Å². The van der Waals surface area contributed by atoms with Crippen LogP contribution in [0.15, 0.2) is 23.1 Å². The summed E-state index contributed by atoms with van der Waals surface area (Å²) in [6.07, 6.45) is 6.80. The Balaban J connectivity index is 2.16. The number of benzene rings is 1. The second-order valence-electron chi connectivity index (χ2n) is 4.47. The number of rotatable bonds is 4. The van der Waals surface area contributed by atoms with Crippen molar-refractivity contribution in [2.24, 2.45) is 0 Å². The number of thioether (sulfide) groups is 1. The fraction of sp³-hybridized carbons (Fsp3) is 0.462. The molecule has 1 aliphatic rings. The molecule has 0 aliphatic heterocycles. The van der Waals surface area contributed by atoms with Gasteiger partial charge in [-0.1, -0.05) is 19.3 Å². The Bertz CT molecular complexity index is 456. The second kappa shape index (κ2) is 6.00. The van der Waals surface area contributed by atoms with E-state index in [2.05, 4.69) is 0 Å². The summed E-state index contributed by atoms with van der Waals surface area (Å²) in [6.45, 7) is 0. The molecule has 0 spiro atoms. The van der Waals surface area contributed by atoms with E-state index in [4.69, 9.17) is 0 Å². The van der Waals surface area contributed by atoms with Crippen LogP contribution in [0.4, 0.5) is 5.69 Å². The molecule has 1 aromatic rings. The highest BCUT2D eigenvalue weighted by Crippen LogP contribution is 2.35. The van der Waals surface area contributed by atoms with Gasteiger partial charge >= 0.3 is 0 Å². The molecule has 0 aromatic heterocycles. The largest absolute Gasteiger partial charge is 0.298 e. The number of carbonyl (C=O) groups is 1. The molecule has 18 heavy (non-hydrogen) atoms. The molecule has 4 nitrogen and oxygen atoms in total. The third-order valence-electron chi connectivity index (χ3n) is 3.18. The highest BCUT2D eigenvalue weighted by atomic mass is 32.2. The zero-order chi connectivity index (χ0) is 13.0. The van der Waals surface area contributed by atoms with Crippen molar-refractivity contribution in [3.63, 3.8) is 0 Å². The van der Waals surface area contributed by atoms with E-state index < -0.39 is 4.92 Å². The first kappa shape index (κ1) is 13.1. The molecular weight excluding hydrogens is 250 g/mol. The maximum Gasteiger partial charge on any atom is 0.270 e. The Morgan fingerprint density at radius 2 is 2.00 bits per heavy atom. The van der Waals surface area contributed by atoms with Crippen LogP contribution in [0, 0.1) is 10.1 Å². The monoisotopic (exact) mass is 265 g/mol. The standard InChI is InChI=1S/C13H15NO3S/c15-9-10-8-11(14(16)17)6-7-13(10)18-12-4-2-1-3-5-12/h6-9,12H,1-5H2. The molecule has 1 saturated carbocycles. The third-order valence-corrected chi connectivity index (χ3v) is 4.61. The van der Waals surface area contributed by atoms with E-state index in [0.29, 0.717) is 17.1 Å². The molecule has 0 N–H and O–H groups in total. The minimum atomic E-state index is -0.470. The van der Waals surface area contributed by atoms with Crippen LogP contribution in [0.3, 0.4) is 0 Å². The van der Waals surface area contributed by atoms with Crippen LogP contribution in [0.2, 0.25) is 0 Å². The summed E-state index contributed by atoms with van der Waals surface area (Å²) in [5, 5.41) is 11.2. The minimum absolute atomic E-state index is 0.0231. The lowest BCUT2D eigenvalue weighted by molar-refractivity contribution is -0.384. The zero-order valence-electron chi connectivity index (χ0n) is 10.0. The van der Waals surface area contributed by atoms with Crippen LogP contribution in [-0.2, 0) is 0 Å². The predicted molar refractivity (Wildman–Crippen MR) is 71.2 cm³/mol. The number of hydrogen-bond donors (Lipinski definition) is 0. The molecule has 0 bridgehead atoms. The van der Waals surface area contributed by atoms with Gasteiger partial charge in [-0.25, -0.2) is 0 Å². The van der Waals surface area contributed by atoms with Crippen LogP contribution in [-0.4, -0.2) is 16.5 Å². The van der Waals surface area contributed by atoms with E-state index in [0.717, 1.165) is 4.90 Å². The van der Waals surface area contributed by atoms with Gasteiger partial charge in [0.15, 0.2) is 6.29 Å². The normalized spacial score (nSPS) is 16.4. The van der Waals surface area contributed by atoms with Crippen molar-refractivity contribution in [1.82, 2.24) is 0 Å². The lowest BCUT2D eigenvalue weighted by Crippen LogP contribution is -2.08. The Hall–Kier alpha value is -1.36. The summed E-state index contributed by atoms with van der Waals surface area (Å²) >= 11 is 1.68. The quantitative estimate of drug-likeness (QED) is 0.471. The van der Waals surface area contributed by atoms with Crippen molar-refractivity contribution >= 4 is 23.7 Å². The average molecular weight is 265 g/mol. The minimum Gasteiger partial charge on any atom is -0.298 e. The third kappa shape index (κ3) is 3.10. The number of carbonyl (C=O) groups excluding carboxylic acids is 1. The van der Waals surface area contributed by atoms with Gasteiger partial charge in [-0.2, -0.15) is 0 Å². The van der Waals surface area contributed by atoms with Crippen molar-refractivity contribution in [2.45, 2.75) is 42.2 Å². The smallest absolute Gasteiger partial charge is 0.270 e. The highest BCUT2D eigenvalue weighted by molar-refractivity contribution is 8.00. The van der Waals surface area contributed by atoms with E-state index in [1.165, 1.54) is 44.2 Å². The van der Waals surface area contributed by atoms with Gasteiger partial charge in [-0.05, 0) is 18.9 Å². The van der Waals surface area contributed by atoms with Crippen molar-refractivity contribution in [2.75, 3.05) is 0 Å². The van der Waals surface area contributed by atoms with E-state index in [1.807, 2.05) is 0 Å². The first-order valence-corrected chi connectivity index (χ1v) is 6.99. The molecule has 1 fully saturated rings. The SMILES string of the molecule is O=Cc1cc([N+](=O)[O-])ccc1SC1CCCCC1. The summed E-state index contributed by atoms with van der Waals surface area (Å²) in [5.74, 6) is 0. The lowest BCUT2D eigenvalue weighted by Gasteiger charge is -2.21. The molecule has 96 valence electrons. The number of nitrogens with zero attached hydrogens (tertiary/aromatic N) is 1. The lowest BCUT2D eigenvalue weighted by atomic mass is 10.0.